The highest BCUT2D eigenvalue weighted by atomic mass is 16.4. The molecular formula is C13H14N4O3. The van der Waals surface area contributed by atoms with Crippen LogP contribution in [-0.2, 0) is 11.2 Å². The number of imidazole rings is 1. The Labute approximate surface area is 114 Å². The Morgan fingerprint density at radius 2 is 2.25 bits per heavy atom. The molecule has 0 aliphatic carbocycles. The van der Waals surface area contributed by atoms with E-state index in [0.29, 0.717) is 16.9 Å². The van der Waals surface area contributed by atoms with E-state index in [9.17, 15) is 9.59 Å². The van der Waals surface area contributed by atoms with Crippen molar-refractivity contribution in [3.8, 4) is 0 Å². The van der Waals surface area contributed by atoms with E-state index in [-0.39, 0.29) is 6.42 Å². The summed E-state index contributed by atoms with van der Waals surface area (Å²) in [6, 6.07) is 5.31. The van der Waals surface area contributed by atoms with Crippen molar-refractivity contribution in [2.24, 2.45) is 0 Å². The average Bonchev–Trinajstić information content (AvgIpc) is 2.90. The normalized spacial score (nSPS) is 11.8. The number of carboxylic acids is 1. The SMILES string of the molecule is Nc1cccc(C(=O)NC(Cc2cnc[nH]2)C(=O)O)c1. The van der Waals surface area contributed by atoms with E-state index in [2.05, 4.69) is 15.3 Å². The number of benzene rings is 1. The first-order valence-electron chi connectivity index (χ1n) is 5.92. The molecule has 1 amide bonds. The second-order valence-corrected chi connectivity index (χ2v) is 4.27. The van der Waals surface area contributed by atoms with Gasteiger partial charge in [0, 0.05) is 29.6 Å². The molecule has 20 heavy (non-hydrogen) atoms. The maximum Gasteiger partial charge on any atom is 0.326 e. The molecule has 1 unspecified atom stereocenters. The van der Waals surface area contributed by atoms with E-state index in [4.69, 9.17) is 10.8 Å². The van der Waals surface area contributed by atoms with Crippen LogP contribution in [0.4, 0.5) is 5.69 Å². The van der Waals surface area contributed by atoms with Crippen LogP contribution in [-0.4, -0.2) is 33.0 Å². The van der Waals surface area contributed by atoms with Crippen molar-refractivity contribution >= 4 is 17.6 Å². The number of carbonyl (C=O) groups excluding carboxylic acids is 1. The molecule has 0 radical (unpaired) electrons. The van der Waals surface area contributed by atoms with E-state index in [1.54, 1.807) is 18.2 Å². The van der Waals surface area contributed by atoms with Gasteiger partial charge in [0.1, 0.15) is 6.04 Å². The molecule has 7 nitrogen and oxygen atoms in total. The van der Waals surface area contributed by atoms with Crippen LogP contribution in [0.5, 0.6) is 0 Å². The number of hydrogen-bond donors (Lipinski definition) is 4. The van der Waals surface area contributed by atoms with Gasteiger partial charge in [-0.25, -0.2) is 9.78 Å². The monoisotopic (exact) mass is 274 g/mol. The van der Waals surface area contributed by atoms with Crippen LogP contribution < -0.4 is 11.1 Å². The molecule has 1 aromatic carbocycles. The predicted octanol–water partition coefficient (Wildman–Crippen LogP) is 0.418. The maximum absolute atomic E-state index is 12.0. The molecule has 0 saturated heterocycles. The third-order valence-electron chi connectivity index (χ3n) is 2.73. The summed E-state index contributed by atoms with van der Waals surface area (Å²) >= 11 is 0. The van der Waals surface area contributed by atoms with E-state index >= 15 is 0 Å². The smallest absolute Gasteiger partial charge is 0.326 e. The number of amides is 1. The van der Waals surface area contributed by atoms with Gasteiger partial charge in [0.15, 0.2) is 0 Å². The molecule has 0 fully saturated rings. The molecule has 7 heteroatoms. The van der Waals surface area contributed by atoms with Crippen molar-refractivity contribution < 1.29 is 14.7 Å². The van der Waals surface area contributed by atoms with Crippen molar-refractivity contribution in [3.63, 3.8) is 0 Å². The Kier molecular flexibility index (Phi) is 3.99. The van der Waals surface area contributed by atoms with Crippen molar-refractivity contribution in [3.05, 3.63) is 48.0 Å². The maximum atomic E-state index is 12.0. The predicted molar refractivity (Wildman–Crippen MR) is 72.0 cm³/mol. The molecule has 2 aromatic rings. The lowest BCUT2D eigenvalue weighted by molar-refractivity contribution is -0.139. The fourth-order valence-electron chi connectivity index (χ4n) is 1.74. The summed E-state index contributed by atoms with van der Waals surface area (Å²) in [4.78, 5) is 29.8. The number of aromatic nitrogens is 2. The minimum atomic E-state index is -1.11. The number of aromatic amines is 1. The highest BCUT2D eigenvalue weighted by Gasteiger charge is 2.21. The van der Waals surface area contributed by atoms with Gasteiger partial charge in [0.05, 0.1) is 6.33 Å². The summed E-state index contributed by atoms with van der Waals surface area (Å²) in [5.74, 6) is -1.60. The number of carbonyl (C=O) groups is 2. The van der Waals surface area contributed by atoms with Gasteiger partial charge in [-0.3, -0.25) is 4.79 Å². The number of nitrogens with one attached hydrogen (secondary N) is 2. The Morgan fingerprint density at radius 3 is 2.85 bits per heavy atom. The summed E-state index contributed by atoms with van der Waals surface area (Å²) in [5.41, 5.74) is 6.98. The lowest BCUT2D eigenvalue weighted by atomic mass is 10.1. The van der Waals surface area contributed by atoms with Gasteiger partial charge in [-0.15, -0.1) is 0 Å². The van der Waals surface area contributed by atoms with Crippen LogP contribution in [0.2, 0.25) is 0 Å². The van der Waals surface area contributed by atoms with Gasteiger partial charge in [0.2, 0.25) is 0 Å². The van der Waals surface area contributed by atoms with E-state index in [0.717, 1.165) is 0 Å². The molecule has 0 spiro atoms. The third kappa shape index (κ3) is 3.35. The summed E-state index contributed by atoms with van der Waals surface area (Å²) < 4.78 is 0. The van der Waals surface area contributed by atoms with E-state index in [1.165, 1.54) is 18.6 Å². The van der Waals surface area contributed by atoms with Crippen molar-refractivity contribution in [1.29, 1.82) is 0 Å². The lowest BCUT2D eigenvalue weighted by Gasteiger charge is -2.13. The molecule has 0 saturated carbocycles. The molecule has 5 N–H and O–H groups in total. The lowest BCUT2D eigenvalue weighted by Crippen LogP contribution is -2.42. The van der Waals surface area contributed by atoms with Gasteiger partial charge in [-0.1, -0.05) is 6.07 Å². The molecule has 0 bridgehead atoms. The molecule has 1 aromatic heterocycles. The number of rotatable bonds is 5. The molecule has 0 aliphatic heterocycles. The van der Waals surface area contributed by atoms with Crippen LogP contribution in [0.15, 0.2) is 36.8 Å². The molecule has 1 heterocycles. The third-order valence-corrected chi connectivity index (χ3v) is 2.73. The zero-order valence-electron chi connectivity index (χ0n) is 10.5. The Bertz CT molecular complexity index is 610. The van der Waals surface area contributed by atoms with Crippen molar-refractivity contribution in [2.75, 3.05) is 5.73 Å². The average molecular weight is 274 g/mol. The number of nitrogens with zero attached hydrogens (tertiary/aromatic N) is 1. The van der Waals surface area contributed by atoms with Crippen LogP contribution >= 0.6 is 0 Å². The first-order chi connectivity index (χ1) is 9.56. The number of hydrogen-bond acceptors (Lipinski definition) is 4. The van der Waals surface area contributed by atoms with Gasteiger partial charge in [0.25, 0.3) is 5.91 Å². The van der Waals surface area contributed by atoms with E-state index < -0.39 is 17.9 Å². The summed E-state index contributed by atoms with van der Waals surface area (Å²) in [6.07, 6.45) is 3.10. The van der Waals surface area contributed by atoms with Crippen LogP contribution in [0.25, 0.3) is 0 Å². The molecule has 1 atom stereocenters. The first kappa shape index (κ1) is 13.6. The summed E-state index contributed by atoms with van der Waals surface area (Å²) in [6.45, 7) is 0. The Balaban J connectivity index is 2.08. The quantitative estimate of drug-likeness (QED) is 0.589. The van der Waals surface area contributed by atoms with Gasteiger partial charge in [-0.05, 0) is 18.2 Å². The fourth-order valence-corrected chi connectivity index (χ4v) is 1.74. The molecule has 2 rings (SSSR count). The Morgan fingerprint density at radius 1 is 1.45 bits per heavy atom. The molecule has 104 valence electrons. The Hall–Kier alpha value is -2.83. The number of anilines is 1. The topological polar surface area (TPSA) is 121 Å². The van der Waals surface area contributed by atoms with Gasteiger partial charge in [-0.2, -0.15) is 0 Å². The standard InChI is InChI=1S/C13H14N4O3/c14-9-3-1-2-8(4-9)12(18)17-11(13(19)20)5-10-6-15-7-16-10/h1-4,6-7,11H,5,14H2,(H,15,16)(H,17,18)(H,19,20). The van der Waals surface area contributed by atoms with Crippen LogP contribution in [0.1, 0.15) is 16.1 Å². The zero-order valence-corrected chi connectivity index (χ0v) is 10.5. The fraction of sp³-hybridized carbons (Fsp3) is 0.154. The zero-order chi connectivity index (χ0) is 14.5. The van der Waals surface area contributed by atoms with Crippen LogP contribution in [0.3, 0.4) is 0 Å². The number of nitrogens with two attached hydrogens (primary N) is 1. The van der Waals surface area contributed by atoms with Crippen LogP contribution in [0, 0.1) is 0 Å². The minimum Gasteiger partial charge on any atom is -0.480 e. The highest BCUT2D eigenvalue weighted by molar-refractivity contribution is 5.97. The van der Waals surface area contributed by atoms with Crippen molar-refractivity contribution in [1.82, 2.24) is 15.3 Å². The minimum absolute atomic E-state index is 0.128. The highest BCUT2D eigenvalue weighted by Crippen LogP contribution is 2.07. The number of aliphatic carboxylic acids is 1. The molecular weight excluding hydrogens is 260 g/mol. The van der Waals surface area contributed by atoms with E-state index in [1.807, 2.05) is 0 Å². The first-order valence-corrected chi connectivity index (χ1v) is 5.92. The molecule has 0 aliphatic rings. The van der Waals surface area contributed by atoms with Crippen molar-refractivity contribution in [2.45, 2.75) is 12.5 Å². The second-order valence-electron chi connectivity index (χ2n) is 4.27. The number of carboxylic acid groups (broad SMARTS) is 1. The number of nitrogen functional groups attached to an aromatic ring is 1. The largest absolute Gasteiger partial charge is 0.480 e. The summed E-state index contributed by atoms with van der Waals surface area (Å²) in [7, 11) is 0. The van der Waals surface area contributed by atoms with Gasteiger partial charge >= 0.3 is 5.97 Å². The van der Waals surface area contributed by atoms with Gasteiger partial charge < -0.3 is 21.1 Å². The summed E-state index contributed by atoms with van der Waals surface area (Å²) in [5, 5.41) is 11.6. The second kappa shape index (κ2) is 5.87. The number of H-pyrrole nitrogens is 1.